The van der Waals surface area contributed by atoms with Crippen LogP contribution in [-0.2, 0) is 0 Å². The summed E-state index contributed by atoms with van der Waals surface area (Å²) in [5.41, 5.74) is 0.245. The highest BCUT2D eigenvalue weighted by molar-refractivity contribution is 5.32. The van der Waals surface area contributed by atoms with E-state index in [0.29, 0.717) is 0 Å². The first-order chi connectivity index (χ1) is 6.99. The summed E-state index contributed by atoms with van der Waals surface area (Å²) in [6.45, 7) is 7.32. The van der Waals surface area contributed by atoms with Crippen molar-refractivity contribution < 1.29 is 9.84 Å². The number of hydrogen-bond acceptors (Lipinski definition) is 2. The van der Waals surface area contributed by atoms with Gasteiger partial charge >= 0.3 is 0 Å². The summed E-state index contributed by atoms with van der Waals surface area (Å²) in [5.74, 6) is 0.751. The summed E-state index contributed by atoms with van der Waals surface area (Å²) in [5, 5.41) is 9.95. The first-order valence-electron chi connectivity index (χ1n) is 4.98. The van der Waals surface area contributed by atoms with E-state index in [2.05, 4.69) is 6.58 Å². The van der Waals surface area contributed by atoms with Crippen LogP contribution >= 0.6 is 0 Å². The minimum Gasteiger partial charge on any atom is -0.497 e. The molecular weight excluding hydrogens is 188 g/mol. The van der Waals surface area contributed by atoms with E-state index >= 15 is 0 Å². The fourth-order valence-corrected chi connectivity index (χ4v) is 1.64. The highest BCUT2D eigenvalue weighted by Gasteiger charge is 2.25. The van der Waals surface area contributed by atoms with Gasteiger partial charge in [-0.3, -0.25) is 0 Å². The molecule has 0 aliphatic carbocycles. The summed E-state index contributed by atoms with van der Waals surface area (Å²) < 4.78 is 5.08. The molecule has 0 aliphatic rings. The molecule has 15 heavy (non-hydrogen) atoms. The van der Waals surface area contributed by atoms with Gasteiger partial charge in [0.25, 0.3) is 0 Å². The number of hydrogen-bond donors (Lipinski definition) is 1. The van der Waals surface area contributed by atoms with Crippen molar-refractivity contribution in [3.8, 4) is 5.75 Å². The van der Waals surface area contributed by atoms with Crippen molar-refractivity contribution in [3.63, 3.8) is 0 Å². The maximum absolute atomic E-state index is 9.95. The Morgan fingerprint density at radius 2 is 1.87 bits per heavy atom. The van der Waals surface area contributed by atoms with Crippen LogP contribution in [0, 0.1) is 0 Å². The van der Waals surface area contributed by atoms with Crippen LogP contribution in [-0.4, -0.2) is 17.8 Å². The monoisotopic (exact) mass is 206 g/mol. The molecule has 1 atom stereocenters. The second-order valence-electron chi connectivity index (χ2n) is 4.14. The molecule has 1 N–H and O–H groups in total. The molecule has 0 aromatic heterocycles. The van der Waals surface area contributed by atoms with Gasteiger partial charge in [-0.25, -0.2) is 0 Å². The second-order valence-corrected chi connectivity index (χ2v) is 4.14. The number of methoxy groups -OCH3 is 1. The molecule has 0 spiro atoms. The normalized spacial score (nSPS) is 13.3. The Kier molecular flexibility index (Phi) is 3.53. The zero-order valence-corrected chi connectivity index (χ0v) is 9.53. The summed E-state index contributed by atoms with van der Waals surface area (Å²) in [6, 6.07) is 7.67. The summed E-state index contributed by atoms with van der Waals surface area (Å²) >= 11 is 0. The van der Waals surface area contributed by atoms with E-state index in [9.17, 15) is 5.11 Å². The van der Waals surface area contributed by atoms with E-state index in [1.165, 1.54) is 0 Å². The van der Waals surface area contributed by atoms with Gasteiger partial charge in [0.2, 0.25) is 0 Å². The van der Waals surface area contributed by atoms with Gasteiger partial charge in [-0.15, -0.1) is 6.58 Å². The maximum atomic E-state index is 9.95. The molecule has 0 amide bonds. The zero-order valence-electron chi connectivity index (χ0n) is 9.53. The third-order valence-corrected chi connectivity index (χ3v) is 2.47. The summed E-state index contributed by atoms with van der Waals surface area (Å²) in [7, 11) is 1.63. The van der Waals surface area contributed by atoms with Gasteiger partial charge in [0.15, 0.2) is 0 Å². The minimum absolute atomic E-state index is 0.0663. The van der Waals surface area contributed by atoms with Crippen LogP contribution in [0.25, 0.3) is 0 Å². The molecule has 0 aliphatic heterocycles. The lowest BCUT2D eigenvalue weighted by Crippen LogP contribution is -2.27. The molecule has 2 heteroatoms. The van der Waals surface area contributed by atoms with Crippen LogP contribution in [0.1, 0.15) is 25.3 Å². The molecule has 2 nitrogen and oxygen atoms in total. The lowest BCUT2D eigenvalue weighted by atomic mass is 9.85. The molecule has 0 radical (unpaired) electrons. The fraction of sp³-hybridized carbons (Fsp3) is 0.385. The number of rotatable bonds is 4. The van der Waals surface area contributed by atoms with Gasteiger partial charge in [0.1, 0.15) is 5.75 Å². The molecule has 1 aromatic carbocycles. The van der Waals surface area contributed by atoms with E-state index in [0.717, 1.165) is 11.3 Å². The average Bonchev–Trinajstić information content (AvgIpc) is 2.18. The molecule has 1 unspecified atom stereocenters. The van der Waals surface area contributed by atoms with E-state index in [1.807, 2.05) is 24.3 Å². The van der Waals surface area contributed by atoms with Crippen LogP contribution in [0.15, 0.2) is 36.9 Å². The Balaban J connectivity index is 2.98. The number of aliphatic hydroxyl groups is 1. The zero-order chi connectivity index (χ0) is 11.5. The average molecular weight is 206 g/mol. The molecule has 0 heterocycles. The Morgan fingerprint density at radius 1 is 1.33 bits per heavy atom. The lowest BCUT2D eigenvalue weighted by Gasteiger charge is -2.27. The smallest absolute Gasteiger partial charge is 0.118 e. The molecule has 82 valence electrons. The first-order valence-corrected chi connectivity index (χ1v) is 4.98. The van der Waals surface area contributed by atoms with Crippen LogP contribution < -0.4 is 4.74 Å². The predicted molar refractivity (Wildman–Crippen MR) is 62.2 cm³/mol. The molecule has 0 saturated carbocycles. The van der Waals surface area contributed by atoms with E-state index in [-0.39, 0.29) is 5.92 Å². The second kappa shape index (κ2) is 4.49. The molecule has 0 saturated heterocycles. The van der Waals surface area contributed by atoms with Crippen LogP contribution in [0.5, 0.6) is 5.75 Å². The largest absolute Gasteiger partial charge is 0.497 e. The van der Waals surface area contributed by atoms with Crippen molar-refractivity contribution in [3.05, 3.63) is 42.5 Å². The Bertz CT molecular complexity index is 319. The van der Waals surface area contributed by atoms with Crippen molar-refractivity contribution >= 4 is 0 Å². The molecule has 1 aromatic rings. The van der Waals surface area contributed by atoms with Gasteiger partial charge in [-0.1, -0.05) is 18.2 Å². The Hall–Kier alpha value is -1.28. The van der Waals surface area contributed by atoms with Crippen LogP contribution in [0.3, 0.4) is 0 Å². The highest BCUT2D eigenvalue weighted by atomic mass is 16.5. The van der Waals surface area contributed by atoms with Gasteiger partial charge in [0, 0.05) is 5.92 Å². The Morgan fingerprint density at radius 3 is 2.20 bits per heavy atom. The van der Waals surface area contributed by atoms with Crippen molar-refractivity contribution in [2.75, 3.05) is 7.11 Å². The van der Waals surface area contributed by atoms with Crippen molar-refractivity contribution in [1.29, 1.82) is 0 Å². The summed E-state index contributed by atoms with van der Waals surface area (Å²) in [4.78, 5) is 0. The standard InChI is InChI=1S/C13H18O2/c1-5-12(13(2,3)14)10-6-8-11(15-4)9-7-10/h5-9,12,14H,1H2,2-4H3. The molecular formula is C13H18O2. The molecule has 1 rings (SSSR count). The van der Waals surface area contributed by atoms with E-state index in [4.69, 9.17) is 4.74 Å². The van der Waals surface area contributed by atoms with Gasteiger partial charge in [0.05, 0.1) is 12.7 Å². The lowest BCUT2D eigenvalue weighted by molar-refractivity contribution is 0.0652. The van der Waals surface area contributed by atoms with Crippen molar-refractivity contribution in [2.45, 2.75) is 25.4 Å². The fourth-order valence-electron chi connectivity index (χ4n) is 1.64. The van der Waals surface area contributed by atoms with E-state index < -0.39 is 5.60 Å². The van der Waals surface area contributed by atoms with Gasteiger partial charge in [-0.2, -0.15) is 0 Å². The number of ether oxygens (including phenoxy) is 1. The predicted octanol–water partition coefficient (Wildman–Crippen LogP) is 2.74. The third-order valence-electron chi connectivity index (χ3n) is 2.47. The van der Waals surface area contributed by atoms with Crippen LogP contribution in [0.4, 0.5) is 0 Å². The molecule has 0 bridgehead atoms. The van der Waals surface area contributed by atoms with E-state index in [1.54, 1.807) is 27.0 Å². The van der Waals surface area contributed by atoms with Crippen molar-refractivity contribution in [1.82, 2.24) is 0 Å². The maximum Gasteiger partial charge on any atom is 0.118 e. The Labute approximate surface area is 91.2 Å². The summed E-state index contributed by atoms with van der Waals surface area (Å²) in [6.07, 6.45) is 1.77. The highest BCUT2D eigenvalue weighted by Crippen LogP contribution is 2.29. The number of benzene rings is 1. The topological polar surface area (TPSA) is 29.5 Å². The van der Waals surface area contributed by atoms with Crippen LogP contribution in [0.2, 0.25) is 0 Å². The third kappa shape index (κ3) is 2.83. The van der Waals surface area contributed by atoms with Gasteiger partial charge in [-0.05, 0) is 31.5 Å². The quantitative estimate of drug-likeness (QED) is 0.767. The van der Waals surface area contributed by atoms with Gasteiger partial charge < -0.3 is 9.84 Å². The molecule has 0 fully saturated rings. The first kappa shape index (κ1) is 11.8. The minimum atomic E-state index is -0.795. The van der Waals surface area contributed by atoms with Crippen molar-refractivity contribution in [2.24, 2.45) is 0 Å². The SMILES string of the molecule is C=CC(c1ccc(OC)cc1)C(C)(C)O.